The standard InChI is InChI=1S/C10H13FO3/c1-13-7-10(6-12)14-9-4-2-8(11)3-5-9/h2-5,10,12H,6-7H2,1H3/t10-/m0/s1. The number of halogens is 1. The Bertz CT molecular complexity index is 261. The van der Waals surface area contributed by atoms with Crippen LogP contribution >= 0.6 is 0 Å². The average Bonchev–Trinajstić information content (AvgIpc) is 2.20. The third kappa shape index (κ3) is 3.32. The topological polar surface area (TPSA) is 38.7 Å². The van der Waals surface area contributed by atoms with Gasteiger partial charge in [0.15, 0.2) is 0 Å². The molecule has 1 rings (SSSR count). The van der Waals surface area contributed by atoms with E-state index in [-0.39, 0.29) is 12.4 Å². The van der Waals surface area contributed by atoms with Crippen LogP contribution in [0.4, 0.5) is 4.39 Å². The summed E-state index contributed by atoms with van der Waals surface area (Å²) in [7, 11) is 1.52. The summed E-state index contributed by atoms with van der Waals surface area (Å²) in [6.45, 7) is 0.166. The molecule has 0 radical (unpaired) electrons. The van der Waals surface area contributed by atoms with Crippen LogP contribution in [-0.2, 0) is 4.74 Å². The molecule has 3 nitrogen and oxygen atoms in total. The number of methoxy groups -OCH3 is 1. The van der Waals surface area contributed by atoms with Crippen LogP contribution in [0.1, 0.15) is 0 Å². The van der Waals surface area contributed by atoms with Crippen molar-refractivity contribution in [3.63, 3.8) is 0 Å². The van der Waals surface area contributed by atoms with Gasteiger partial charge in [0, 0.05) is 7.11 Å². The van der Waals surface area contributed by atoms with Crippen LogP contribution in [0.5, 0.6) is 5.75 Å². The van der Waals surface area contributed by atoms with Gasteiger partial charge in [-0.25, -0.2) is 4.39 Å². The third-order valence-electron chi connectivity index (χ3n) is 1.67. The van der Waals surface area contributed by atoms with Crippen LogP contribution in [0.2, 0.25) is 0 Å². The Kier molecular flexibility index (Phi) is 4.35. The van der Waals surface area contributed by atoms with Crippen molar-refractivity contribution < 1.29 is 19.0 Å². The van der Waals surface area contributed by atoms with Crippen LogP contribution in [-0.4, -0.2) is 31.5 Å². The molecule has 0 saturated heterocycles. The van der Waals surface area contributed by atoms with E-state index in [0.717, 1.165) is 0 Å². The zero-order valence-corrected chi connectivity index (χ0v) is 7.94. The molecule has 78 valence electrons. The van der Waals surface area contributed by atoms with E-state index in [1.807, 2.05) is 0 Å². The quantitative estimate of drug-likeness (QED) is 0.776. The Balaban J connectivity index is 2.53. The summed E-state index contributed by atoms with van der Waals surface area (Å²) in [6.07, 6.45) is -0.412. The van der Waals surface area contributed by atoms with Crippen molar-refractivity contribution in [2.75, 3.05) is 20.3 Å². The molecule has 0 heterocycles. The van der Waals surface area contributed by atoms with Gasteiger partial charge >= 0.3 is 0 Å². The van der Waals surface area contributed by atoms with Crippen molar-refractivity contribution in [2.45, 2.75) is 6.10 Å². The van der Waals surface area contributed by atoms with Crippen LogP contribution in [0.15, 0.2) is 24.3 Å². The number of ether oxygens (including phenoxy) is 2. The van der Waals surface area contributed by atoms with E-state index in [1.165, 1.54) is 31.4 Å². The maximum Gasteiger partial charge on any atom is 0.145 e. The maximum atomic E-state index is 12.5. The van der Waals surface area contributed by atoms with Gasteiger partial charge in [0.05, 0.1) is 13.2 Å². The molecule has 1 N–H and O–H groups in total. The Morgan fingerprint density at radius 3 is 2.50 bits per heavy atom. The minimum Gasteiger partial charge on any atom is -0.486 e. The Morgan fingerprint density at radius 1 is 1.36 bits per heavy atom. The van der Waals surface area contributed by atoms with Crippen molar-refractivity contribution in [3.8, 4) is 5.75 Å². The first kappa shape index (κ1) is 10.9. The molecule has 0 spiro atoms. The lowest BCUT2D eigenvalue weighted by molar-refractivity contribution is 0.0413. The molecular weight excluding hydrogens is 187 g/mol. The molecular formula is C10H13FO3. The van der Waals surface area contributed by atoms with Crippen molar-refractivity contribution >= 4 is 0 Å². The molecule has 1 aromatic carbocycles. The lowest BCUT2D eigenvalue weighted by Crippen LogP contribution is -2.26. The third-order valence-corrected chi connectivity index (χ3v) is 1.67. The van der Waals surface area contributed by atoms with E-state index in [1.54, 1.807) is 0 Å². The first-order chi connectivity index (χ1) is 6.76. The zero-order chi connectivity index (χ0) is 10.4. The lowest BCUT2D eigenvalue weighted by Gasteiger charge is -2.15. The predicted molar refractivity (Wildman–Crippen MR) is 49.8 cm³/mol. The summed E-state index contributed by atoms with van der Waals surface area (Å²) in [5.41, 5.74) is 0. The van der Waals surface area contributed by atoms with E-state index < -0.39 is 6.10 Å². The lowest BCUT2D eigenvalue weighted by atomic mass is 10.3. The minimum absolute atomic E-state index is 0.134. The van der Waals surface area contributed by atoms with Gasteiger partial charge < -0.3 is 14.6 Å². The number of rotatable bonds is 5. The molecule has 4 heteroatoms. The summed E-state index contributed by atoms with van der Waals surface area (Å²) in [5.74, 6) is 0.201. The smallest absolute Gasteiger partial charge is 0.145 e. The molecule has 0 aliphatic heterocycles. The second kappa shape index (κ2) is 5.57. The van der Waals surface area contributed by atoms with Gasteiger partial charge in [-0.05, 0) is 24.3 Å². The van der Waals surface area contributed by atoms with E-state index in [9.17, 15) is 4.39 Å². The molecule has 0 aliphatic carbocycles. The van der Waals surface area contributed by atoms with Gasteiger partial charge in [0.25, 0.3) is 0 Å². The fraction of sp³-hybridized carbons (Fsp3) is 0.400. The number of aliphatic hydroxyl groups excluding tert-OH is 1. The summed E-state index contributed by atoms with van der Waals surface area (Å²) < 4.78 is 22.7. The van der Waals surface area contributed by atoms with Gasteiger partial charge in [-0.2, -0.15) is 0 Å². The van der Waals surface area contributed by atoms with E-state index in [4.69, 9.17) is 14.6 Å². The highest BCUT2D eigenvalue weighted by Crippen LogP contribution is 2.12. The molecule has 0 unspecified atom stereocenters. The van der Waals surface area contributed by atoms with Gasteiger partial charge in [-0.1, -0.05) is 0 Å². The first-order valence-corrected chi connectivity index (χ1v) is 4.28. The highest BCUT2D eigenvalue weighted by atomic mass is 19.1. The monoisotopic (exact) mass is 200 g/mol. The second-order valence-corrected chi connectivity index (χ2v) is 2.83. The molecule has 0 aliphatic rings. The van der Waals surface area contributed by atoms with Crippen LogP contribution in [0, 0.1) is 5.82 Å². The van der Waals surface area contributed by atoms with Crippen molar-refractivity contribution in [3.05, 3.63) is 30.1 Å². The summed E-state index contributed by atoms with van der Waals surface area (Å²) >= 11 is 0. The zero-order valence-electron chi connectivity index (χ0n) is 7.94. The Labute approximate surface area is 82.1 Å². The molecule has 0 fully saturated rings. The molecule has 0 bridgehead atoms. The first-order valence-electron chi connectivity index (χ1n) is 4.28. The molecule has 0 amide bonds. The van der Waals surface area contributed by atoms with Crippen LogP contribution < -0.4 is 4.74 Å². The highest BCUT2D eigenvalue weighted by molar-refractivity contribution is 5.22. The Morgan fingerprint density at radius 2 is 2.00 bits per heavy atom. The van der Waals surface area contributed by atoms with Crippen LogP contribution in [0.3, 0.4) is 0 Å². The number of hydrogen-bond acceptors (Lipinski definition) is 3. The number of aliphatic hydroxyl groups is 1. The average molecular weight is 200 g/mol. The molecule has 0 saturated carbocycles. The fourth-order valence-electron chi connectivity index (χ4n) is 1.02. The fourth-order valence-corrected chi connectivity index (χ4v) is 1.02. The SMILES string of the molecule is COC[C@H](CO)Oc1ccc(F)cc1. The molecule has 0 aromatic heterocycles. The van der Waals surface area contributed by atoms with E-state index in [2.05, 4.69) is 0 Å². The largest absolute Gasteiger partial charge is 0.486 e. The molecule has 14 heavy (non-hydrogen) atoms. The van der Waals surface area contributed by atoms with Gasteiger partial charge in [-0.3, -0.25) is 0 Å². The summed E-state index contributed by atoms with van der Waals surface area (Å²) in [5, 5.41) is 8.89. The van der Waals surface area contributed by atoms with E-state index >= 15 is 0 Å². The van der Waals surface area contributed by atoms with Crippen molar-refractivity contribution in [1.82, 2.24) is 0 Å². The number of hydrogen-bond donors (Lipinski definition) is 1. The highest BCUT2D eigenvalue weighted by Gasteiger charge is 2.08. The van der Waals surface area contributed by atoms with Crippen molar-refractivity contribution in [2.24, 2.45) is 0 Å². The second-order valence-electron chi connectivity index (χ2n) is 2.83. The van der Waals surface area contributed by atoms with E-state index in [0.29, 0.717) is 12.4 Å². The number of benzene rings is 1. The van der Waals surface area contributed by atoms with Gasteiger partial charge in [0.1, 0.15) is 17.7 Å². The predicted octanol–water partition coefficient (Wildman–Crippen LogP) is 1.21. The normalized spacial score (nSPS) is 12.5. The van der Waals surface area contributed by atoms with Crippen LogP contribution in [0.25, 0.3) is 0 Å². The summed E-state index contributed by atoms with van der Waals surface area (Å²) in [6, 6.07) is 5.62. The molecule has 1 atom stereocenters. The minimum atomic E-state index is -0.412. The van der Waals surface area contributed by atoms with Gasteiger partial charge in [0.2, 0.25) is 0 Å². The van der Waals surface area contributed by atoms with Gasteiger partial charge in [-0.15, -0.1) is 0 Å². The Hall–Kier alpha value is -1.13. The maximum absolute atomic E-state index is 12.5. The molecule has 1 aromatic rings. The van der Waals surface area contributed by atoms with Crippen molar-refractivity contribution in [1.29, 1.82) is 0 Å². The summed E-state index contributed by atoms with van der Waals surface area (Å²) in [4.78, 5) is 0.